The highest BCUT2D eigenvalue weighted by Crippen LogP contribution is 2.14. The third kappa shape index (κ3) is 3.18. The van der Waals surface area contributed by atoms with E-state index in [2.05, 4.69) is 4.98 Å². The first-order chi connectivity index (χ1) is 9.91. The van der Waals surface area contributed by atoms with Gasteiger partial charge < -0.3 is 15.5 Å². The van der Waals surface area contributed by atoms with E-state index in [9.17, 15) is 9.59 Å². The standard InChI is InChI=1S/C14H18N4O2S/c1-9(2)18-7-6-17(13(19)14(18)20)8-10-4-3-5-16-11(10)12(15)21/h3-5,9H,6-8H2,1-2H3,(H2,15,21). The molecule has 0 aliphatic carbocycles. The van der Waals surface area contributed by atoms with Crippen LogP contribution in [0.5, 0.6) is 0 Å². The molecule has 2 N–H and O–H groups in total. The number of carbonyl (C=O) groups excluding carboxylic acids is 2. The lowest BCUT2D eigenvalue weighted by atomic mass is 10.1. The second-order valence-electron chi connectivity index (χ2n) is 5.19. The maximum absolute atomic E-state index is 12.2. The van der Waals surface area contributed by atoms with Crippen molar-refractivity contribution < 1.29 is 9.59 Å². The van der Waals surface area contributed by atoms with Crippen molar-refractivity contribution in [3.05, 3.63) is 29.6 Å². The zero-order chi connectivity index (χ0) is 15.6. The minimum absolute atomic E-state index is 0.0224. The summed E-state index contributed by atoms with van der Waals surface area (Å²) in [5, 5.41) is 0. The van der Waals surface area contributed by atoms with Crippen LogP contribution >= 0.6 is 12.2 Å². The second kappa shape index (κ2) is 6.17. The quantitative estimate of drug-likeness (QED) is 0.639. The fourth-order valence-electron chi connectivity index (χ4n) is 2.33. The topological polar surface area (TPSA) is 79.5 Å². The van der Waals surface area contributed by atoms with E-state index in [-0.39, 0.29) is 17.6 Å². The Balaban J connectivity index is 2.17. The fourth-order valence-corrected chi connectivity index (χ4v) is 2.51. The van der Waals surface area contributed by atoms with Gasteiger partial charge in [0.25, 0.3) is 0 Å². The number of carbonyl (C=O) groups is 2. The Morgan fingerprint density at radius 3 is 2.71 bits per heavy atom. The zero-order valence-corrected chi connectivity index (χ0v) is 12.9. The van der Waals surface area contributed by atoms with Gasteiger partial charge in [0.1, 0.15) is 10.7 Å². The van der Waals surface area contributed by atoms with Crippen molar-refractivity contribution in [2.75, 3.05) is 13.1 Å². The van der Waals surface area contributed by atoms with Crippen LogP contribution in [0.3, 0.4) is 0 Å². The molecule has 1 fully saturated rings. The molecule has 0 unspecified atom stereocenters. The highest BCUT2D eigenvalue weighted by Gasteiger charge is 2.33. The van der Waals surface area contributed by atoms with Crippen LogP contribution in [0.25, 0.3) is 0 Å². The number of amides is 2. The Labute approximate surface area is 128 Å². The van der Waals surface area contributed by atoms with E-state index in [0.717, 1.165) is 5.56 Å². The van der Waals surface area contributed by atoms with Crippen LogP contribution in [0.4, 0.5) is 0 Å². The van der Waals surface area contributed by atoms with Gasteiger partial charge >= 0.3 is 11.8 Å². The van der Waals surface area contributed by atoms with Gasteiger partial charge in [0.05, 0.1) is 0 Å². The van der Waals surface area contributed by atoms with E-state index in [1.165, 1.54) is 4.90 Å². The lowest BCUT2D eigenvalue weighted by molar-refractivity contribution is -0.157. The Bertz CT molecular complexity index is 588. The number of thiocarbonyl (C=S) groups is 1. The van der Waals surface area contributed by atoms with Gasteiger partial charge in [-0.15, -0.1) is 0 Å². The van der Waals surface area contributed by atoms with Crippen LogP contribution in [0.1, 0.15) is 25.1 Å². The van der Waals surface area contributed by atoms with Gasteiger partial charge in [-0.05, 0) is 19.9 Å². The number of pyridine rings is 1. The van der Waals surface area contributed by atoms with E-state index < -0.39 is 11.8 Å². The fraction of sp³-hybridized carbons (Fsp3) is 0.429. The Morgan fingerprint density at radius 2 is 2.10 bits per heavy atom. The molecule has 1 aliphatic rings. The molecule has 0 aromatic carbocycles. The number of nitrogens with zero attached hydrogens (tertiary/aromatic N) is 3. The van der Waals surface area contributed by atoms with Crippen LogP contribution in [-0.4, -0.2) is 50.7 Å². The number of rotatable bonds is 4. The van der Waals surface area contributed by atoms with Gasteiger partial charge in [-0.1, -0.05) is 18.3 Å². The largest absolute Gasteiger partial charge is 0.388 e. The molecule has 1 aliphatic heterocycles. The van der Waals surface area contributed by atoms with Gasteiger partial charge in [0.15, 0.2) is 0 Å². The zero-order valence-electron chi connectivity index (χ0n) is 12.1. The number of hydrogen-bond acceptors (Lipinski definition) is 4. The number of piperazine rings is 1. The summed E-state index contributed by atoms with van der Waals surface area (Å²) >= 11 is 4.96. The van der Waals surface area contributed by atoms with Crippen molar-refractivity contribution in [1.29, 1.82) is 0 Å². The molecule has 1 saturated heterocycles. The molecule has 1 aromatic heterocycles. The minimum atomic E-state index is -0.493. The van der Waals surface area contributed by atoms with Gasteiger partial charge in [-0.2, -0.15) is 0 Å². The Hall–Kier alpha value is -2.02. The minimum Gasteiger partial charge on any atom is -0.388 e. The third-order valence-electron chi connectivity index (χ3n) is 3.45. The number of nitrogens with two attached hydrogens (primary N) is 1. The summed E-state index contributed by atoms with van der Waals surface area (Å²) in [7, 11) is 0. The van der Waals surface area contributed by atoms with E-state index in [1.54, 1.807) is 17.2 Å². The highest BCUT2D eigenvalue weighted by molar-refractivity contribution is 7.80. The van der Waals surface area contributed by atoms with Crippen molar-refractivity contribution in [2.24, 2.45) is 5.73 Å². The lowest BCUT2D eigenvalue weighted by Crippen LogP contribution is -2.55. The molecular weight excluding hydrogens is 288 g/mol. The third-order valence-corrected chi connectivity index (χ3v) is 3.64. The first-order valence-corrected chi connectivity index (χ1v) is 7.16. The van der Waals surface area contributed by atoms with E-state index >= 15 is 0 Å². The molecular formula is C14H18N4O2S. The van der Waals surface area contributed by atoms with Crippen molar-refractivity contribution in [2.45, 2.75) is 26.4 Å². The molecule has 0 radical (unpaired) electrons. The van der Waals surface area contributed by atoms with Gasteiger partial charge in [0.2, 0.25) is 0 Å². The van der Waals surface area contributed by atoms with Crippen LogP contribution in [0, 0.1) is 0 Å². The molecule has 0 saturated carbocycles. The molecule has 0 atom stereocenters. The van der Waals surface area contributed by atoms with E-state index in [0.29, 0.717) is 18.8 Å². The average Bonchev–Trinajstić information content (AvgIpc) is 2.44. The van der Waals surface area contributed by atoms with Crippen LogP contribution in [0.2, 0.25) is 0 Å². The number of hydrogen-bond donors (Lipinski definition) is 1. The number of aromatic nitrogens is 1. The summed E-state index contributed by atoms with van der Waals surface area (Å²) < 4.78 is 0. The molecule has 6 nitrogen and oxygen atoms in total. The predicted octanol–water partition coefficient (Wildman–Crippen LogP) is 0.295. The smallest absolute Gasteiger partial charge is 0.312 e. The van der Waals surface area contributed by atoms with Crippen molar-refractivity contribution >= 4 is 29.0 Å². The van der Waals surface area contributed by atoms with Crippen LogP contribution < -0.4 is 5.73 Å². The molecule has 2 heterocycles. The summed E-state index contributed by atoms with van der Waals surface area (Å²) in [6.07, 6.45) is 1.60. The van der Waals surface area contributed by atoms with Crippen LogP contribution in [-0.2, 0) is 16.1 Å². The van der Waals surface area contributed by atoms with Gasteiger partial charge in [-0.25, -0.2) is 0 Å². The Kier molecular flexibility index (Phi) is 4.52. The van der Waals surface area contributed by atoms with Gasteiger partial charge in [-0.3, -0.25) is 14.6 Å². The summed E-state index contributed by atoms with van der Waals surface area (Å²) in [6, 6.07) is 3.59. The predicted molar refractivity (Wildman–Crippen MR) is 82.4 cm³/mol. The average molecular weight is 306 g/mol. The molecule has 7 heteroatoms. The molecule has 2 rings (SSSR count). The van der Waals surface area contributed by atoms with Crippen molar-refractivity contribution in [3.63, 3.8) is 0 Å². The first-order valence-electron chi connectivity index (χ1n) is 6.75. The van der Waals surface area contributed by atoms with E-state index in [4.69, 9.17) is 18.0 Å². The maximum atomic E-state index is 12.2. The van der Waals surface area contributed by atoms with Crippen LogP contribution in [0.15, 0.2) is 18.3 Å². The highest BCUT2D eigenvalue weighted by atomic mass is 32.1. The monoisotopic (exact) mass is 306 g/mol. The molecule has 0 spiro atoms. The molecule has 1 aromatic rings. The normalized spacial score (nSPS) is 15.8. The first kappa shape index (κ1) is 15.4. The van der Waals surface area contributed by atoms with Crippen molar-refractivity contribution in [1.82, 2.24) is 14.8 Å². The molecule has 21 heavy (non-hydrogen) atoms. The molecule has 0 bridgehead atoms. The second-order valence-corrected chi connectivity index (χ2v) is 5.63. The summed E-state index contributed by atoms with van der Waals surface area (Å²) in [4.78, 5) is 31.6. The SMILES string of the molecule is CC(C)N1CCN(Cc2cccnc2C(N)=S)C(=O)C1=O. The molecule has 112 valence electrons. The Morgan fingerprint density at radius 1 is 1.38 bits per heavy atom. The van der Waals surface area contributed by atoms with Crippen molar-refractivity contribution in [3.8, 4) is 0 Å². The van der Waals surface area contributed by atoms with E-state index in [1.807, 2.05) is 19.9 Å². The summed E-state index contributed by atoms with van der Waals surface area (Å²) in [6.45, 7) is 5.11. The summed E-state index contributed by atoms with van der Waals surface area (Å²) in [5.41, 5.74) is 6.89. The van der Waals surface area contributed by atoms with Gasteiger partial charge in [0, 0.05) is 37.4 Å². The molecule has 2 amide bonds. The lowest BCUT2D eigenvalue weighted by Gasteiger charge is -2.36. The maximum Gasteiger partial charge on any atom is 0.312 e. The summed E-state index contributed by atoms with van der Waals surface area (Å²) in [5.74, 6) is -0.954.